The molecule has 0 heterocycles. The van der Waals surface area contributed by atoms with Crippen molar-refractivity contribution in [1.82, 2.24) is 0 Å². The van der Waals surface area contributed by atoms with Gasteiger partial charge in [-0.2, -0.15) is 5.26 Å². The minimum absolute atomic E-state index is 0.000509. The summed E-state index contributed by atoms with van der Waals surface area (Å²) in [5.74, 6) is -0.920. The number of hydrogen-bond donors (Lipinski definition) is 0. The number of esters is 2. The molecule has 0 atom stereocenters. The number of sulfonamides is 2. The third kappa shape index (κ3) is 9.70. The molecule has 0 spiro atoms. The van der Waals surface area contributed by atoms with Crippen LogP contribution in [0.3, 0.4) is 0 Å². The van der Waals surface area contributed by atoms with Crippen molar-refractivity contribution >= 4 is 54.1 Å². The molecule has 0 unspecified atom stereocenters. The van der Waals surface area contributed by atoms with Crippen LogP contribution in [0.1, 0.15) is 47.1 Å². The number of anilines is 2. The van der Waals surface area contributed by atoms with E-state index in [1.165, 1.54) is 80.9 Å². The van der Waals surface area contributed by atoms with Gasteiger partial charge in [-0.25, -0.2) is 16.8 Å². The Balaban J connectivity index is 1.91. The van der Waals surface area contributed by atoms with Gasteiger partial charge in [-0.05, 0) is 114 Å². The van der Waals surface area contributed by atoms with E-state index in [1.807, 2.05) is 0 Å². The largest absolute Gasteiger partial charge is 0.497 e. The molecule has 5 aromatic rings. The topological polar surface area (TPSA) is 170 Å². The third-order valence-corrected chi connectivity index (χ3v) is 12.1. The summed E-state index contributed by atoms with van der Waals surface area (Å²) in [6.07, 6.45) is 0. The number of hydrogen-bond acceptors (Lipinski definition) is 11. The Morgan fingerprint density at radius 3 is 1.48 bits per heavy atom. The first-order valence-corrected chi connectivity index (χ1v) is 20.9. The van der Waals surface area contributed by atoms with Gasteiger partial charge in [0.05, 0.1) is 47.0 Å². The van der Waals surface area contributed by atoms with E-state index >= 15 is 0 Å². The summed E-state index contributed by atoms with van der Waals surface area (Å²) in [5, 5.41) is 10.1. The number of benzene rings is 5. The van der Waals surface area contributed by atoms with Crippen molar-refractivity contribution in [2.75, 3.05) is 35.9 Å². The first-order valence-electron chi connectivity index (χ1n) is 18.0. The number of fused-ring (bicyclic) bond motifs is 1. The number of carbonyl (C=O) groups is 2. The lowest BCUT2D eigenvalue weighted by molar-refractivity contribution is -0.153. The molecule has 0 aromatic heterocycles. The van der Waals surface area contributed by atoms with E-state index in [4.69, 9.17) is 18.9 Å². The van der Waals surface area contributed by atoms with E-state index in [-0.39, 0.29) is 37.5 Å². The van der Waals surface area contributed by atoms with Gasteiger partial charge < -0.3 is 18.9 Å². The molecule has 304 valence electrons. The number of carbonyl (C=O) groups excluding carboxylic acids is 2. The molecular weight excluding hydrogens is 783 g/mol. The molecule has 0 bridgehead atoms. The highest BCUT2D eigenvalue weighted by Gasteiger charge is 2.36. The number of nitriles is 1. The summed E-state index contributed by atoms with van der Waals surface area (Å²) in [6.45, 7) is 8.37. The second-order valence-corrected chi connectivity index (χ2v) is 18.8. The Morgan fingerprint density at radius 2 is 1.05 bits per heavy atom. The molecule has 0 saturated heterocycles. The molecule has 15 heteroatoms. The van der Waals surface area contributed by atoms with Crippen molar-refractivity contribution in [3.05, 3.63) is 109 Å². The number of rotatable bonds is 13. The van der Waals surface area contributed by atoms with Crippen molar-refractivity contribution < 1.29 is 45.4 Å². The lowest BCUT2D eigenvalue weighted by atomic mass is 9.96. The predicted molar refractivity (Wildman–Crippen MR) is 221 cm³/mol. The Kier molecular flexibility index (Phi) is 12.4. The van der Waals surface area contributed by atoms with Gasteiger partial charge in [-0.1, -0.05) is 36.4 Å². The van der Waals surface area contributed by atoms with Crippen molar-refractivity contribution in [3.8, 4) is 28.7 Å². The summed E-state index contributed by atoms with van der Waals surface area (Å²) in [5.41, 5.74) is -1.13. The predicted octanol–water partition coefficient (Wildman–Crippen LogP) is 7.47. The van der Waals surface area contributed by atoms with Crippen molar-refractivity contribution in [1.29, 1.82) is 5.26 Å². The SMILES string of the molecule is COc1ccc(S(=O)(=O)N(CC(=O)OC(C)(C)C)c2cc(-c3ccc(C#N)cc3)c(N(CC(=O)OC(C)(C)C)S(=O)(=O)c3ccc(OC)cc3)c3ccccc23)cc1. The third-order valence-electron chi connectivity index (χ3n) is 8.52. The number of methoxy groups -OCH3 is 2. The van der Waals surface area contributed by atoms with Gasteiger partial charge in [0.25, 0.3) is 20.0 Å². The van der Waals surface area contributed by atoms with Crippen LogP contribution in [0.25, 0.3) is 21.9 Å². The Hall–Kier alpha value is -6.11. The van der Waals surface area contributed by atoms with Crippen LogP contribution in [0.5, 0.6) is 11.5 Å². The van der Waals surface area contributed by atoms with Gasteiger partial charge in [0.15, 0.2) is 0 Å². The fourth-order valence-electron chi connectivity index (χ4n) is 6.08. The quantitative estimate of drug-likeness (QED) is 0.108. The Morgan fingerprint density at radius 1 is 0.621 bits per heavy atom. The average molecular weight is 828 g/mol. The molecule has 0 N–H and O–H groups in total. The van der Waals surface area contributed by atoms with Crippen LogP contribution < -0.4 is 18.1 Å². The molecule has 58 heavy (non-hydrogen) atoms. The van der Waals surface area contributed by atoms with Crippen molar-refractivity contribution in [3.63, 3.8) is 0 Å². The molecule has 0 aliphatic carbocycles. The molecule has 5 aromatic carbocycles. The van der Waals surface area contributed by atoms with Gasteiger partial charge in [0, 0.05) is 16.3 Å². The monoisotopic (exact) mass is 827 g/mol. The second-order valence-electron chi connectivity index (χ2n) is 15.1. The smallest absolute Gasteiger partial charge is 0.327 e. The van der Waals surface area contributed by atoms with Crippen molar-refractivity contribution in [2.24, 2.45) is 0 Å². The zero-order chi connectivity index (χ0) is 42.6. The van der Waals surface area contributed by atoms with Gasteiger partial charge >= 0.3 is 11.9 Å². The minimum Gasteiger partial charge on any atom is -0.497 e. The first kappa shape index (κ1) is 43.0. The van der Waals surface area contributed by atoms with Gasteiger partial charge in [0.2, 0.25) is 0 Å². The normalized spacial score (nSPS) is 12.0. The maximum atomic E-state index is 14.9. The van der Waals surface area contributed by atoms with Crippen molar-refractivity contribution in [2.45, 2.75) is 62.5 Å². The minimum atomic E-state index is -4.61. The molecule has 0 saturated carbocycles. The highest BCUT2D eigenvalue weighted by atomic mass is 32.2. The lowest BCUT2D eigenvalue weighted by Crippen LogP contribution is -2.40. The Labute approximate surface area is 339 Å². The maximum absolute atomic E-state index is 14.9. The maximum Gasteiger partial charge on any atom is 0.327 e. The van der Waals surface area contributed by atoms with E-state index in [0.29, 0.717) is 22.6 Å². The van der Waals surface area contributed by atoms with E-state index in [0.717, 1.165) is 8.61 Å². The van der Waals surface area contributed by atoms with E-state index in [1.54, 1.807) is 77.9 Å². The molecule has 0 amide bonds. The van der Waals surface area contributed by atoms with Gasteiger partial charge in [-0.15, -0.1) is 0 Å². The van der Waals surface area contributed by atoms with Crippen LogP contribution >= 0.6 is 0 Å². The molecule has 5 rings (SSSR count). The molecule has 0 aliphatic rings. The van der Waals surface area contributed by atoms with Gasteiger partial charge in [0.1, 0.15) is 35.8 Å². The highest BCUT2D eigenvalue weighted by molar-refractivity contribution is 7.93. The van der Waals surface area contributed by atoms with Crippen LogP contribution in [0.2, 0.25) is 0 Å². The number of ether oxygens (including phenoxy) is 4. The van der Waals surface area contributed by atoms with Crippen LogP contribution in [0.4, 0.5) is 11.4 Å². The fourth-order valence-corrected chi connectivity index (χ4v) is 8.94. The highest BCUT2D eigenvalue weighted by Crippen LogP contribution is 2.46. The Bertz CT molecular complexity index is 2570. The fraction of sp³-hybridized carbons (Fsp3) is 0.279. The zero-order valence-corrected chi connectivity index (χ0v) is 35.1. The summed E-state index contributed by atoms with van der Waals surface area (Å²) in [7, 11) is -6.29. The summed E-state index contributed by atoms with van der Waals surface area (Å²) >= 11 is 0. The van der Waals surface area contributed by atoms with E-state index in [2.05, 4.69) is 6.07 Å². The molecular formula is C43H45N3O10S2. The number of nitrogens with zero attached hydrogens (tertiary/aromatic N) is 3. The van der Waals surface area contributed by atoms with E-state index in [9.17, 15) is 31.7 Å². The van der Waals surface area contributed by atoms with Crippen LogP contribution in [0, 0.1) is 11.3 Å². The standard InChI is InChI=1S/C43H45N3O10S2/c1-42(2,3)55-39(47)27-45(57(49,50)33-21-17-31(53-7)18-22-33)38-25-37(30-15-13-29(26-44)14-16-30)41(36-12-10-9-11-35(36)38)46(28-40(48)56-43(4,5)6)58(51,52)34-23-19-32(54-8)20-24-34/h9-25H,27-28H2,1-8H3. The summed E-state index contributed by atoms with van der Waals surface area (Å²) in [6, 6.07) is 27.5. The molecule has 0 radical (unpaired) electrons. The summed E-state index contributed by atoms with van der Waals surface area (Å²) < 4.78 is 83.0. The molecule has 13 nitrogen and oxygen atoms in total. The van der Waals surface area contributed by atoms with Crippen LogP contribution in [-0.2, 0) is 39.1 Å². The zero-order valence-electron chi connectivity index (χ0n) is 33.5. The molecule has 0 fully saturated rings. The lowest BCUT2D eigenvalue weighted by Gasteiger charge is -2.32. The average Bonchev–Trinajstić information content (AvgIpc) is 3.17. The van der Waals surface area contributed by atoms with Gasteiger partial charge in [-0.3, -0.25) is 18.2 Å². The first-order chi connectivity index (χ1) is 27.2. The van der Waals surface area contributed by atoms with Crippen LogP contribution in [-0.4, -0.2) is 67.3 Å². The van der Waals surface area contributed by atoms with Crippen LogP contribution in [0.15, 0.2) is 113 Å². The van der Waals surface area contributed by atoms with E-state index < -0.39 is 56.3 Å². The molecule has 0 aliphatic heterocycles. The second kappa shape index (κ2) is 16.8. The summed E-state index contributed by atoms with van der Waals surface area (Å²) in [4.78, 5) is 27.0.